The Bertz CT molecular complexity index is 1030. The number of amides is 1. The average Bonchev–Trinajstić information content (AvgIpc) is 2.74. The maximum Gasteiger partial charge on any atom is 0.392 e. The Labute approximate surface area is 206 Å². The quantitative estimate of drug-likeness (QED) is 0.377. The molecule has 34 heavy (non-hydrogen) atoms. The van der Waals surface area contributed by atoms with Crippen molar-refractivity contribution < 1.29 is 32.6 Å². The summed E-state index contributed by atoms with van der Waals surface area (Å²) in [5.74, 6) is -6.15. The van der Waals surface area contributed by atoms with E-state index in [2.05, 4.69) is 5.32 Å². The number of carboxylic acid groups (broad SMARTS) is 1. The maximum absolute atomic E-state index is 13.6. The predicted octanol–water partition coefficient (Wildman–Crippen LogP) is 6.90. The third-order valence-corrected chi connectivity index (χ3v) is 6.50. The molecule has 0 bridgehead atoms. The van der Waals surface area contributed by atoms with Crippen molar-refractivity contribution in [2.24, 2.45) is 5.92 Å². The monoisotopic (exact) mass is 519 g/mol. The van der Waals surface area contributed by atoms with Gasteiger partial charge in [-0.25, -0.2) is 0 Å². The number of nitrogens with one attached hydrogen (secondary N) is 1. The lowest BCUT2D eigenvalue weighted by molar-refractivity contribution is -0.178. The highest BCUT2D eigenvalue weighted by atomic mass is 35.5. The highest BCUT2D eigenvalue weighted by Crippen LogP contribution is 2.40. The number of ether oxygens (including phenoxy) is 1. The molecule has 2 aromatic rings. The molecule has 0 aliphatic carbocycles. The Hall–Kier alpha value is -2.29. The molecule has 0 spiro atoms. The number of carbonyl (C=O) groups excluding carboxylic acids is 1. The summed E-state index contributed by atoms with van der Waals surface area (Å²) in [6, 6.07) is 10.1. The SMILES string of the molecule is COC(C)(C)C(CC(=O)O)c1ccc(Cl)c(NC(=O)[C@H](c2ccc(Cl)cc2)[C@@H](C)C(F)(F)F)c1. The summed E-state index contributed by atoms with van der Waals surface area (Å²) in [5, 5.41) is 12.3. The number of benzene rings is 2. The minimum Gasteiger partial charge on any atom is -0.481 e. The molecular formula is C24H26Cl2F3NO4. The van der Waals surface area contributed by atoms with Gasteiger partial charge in [-0.05, 0) is 49.2 Å². The van der Waals surface area contributed by atoms with Crippen LogP contribution in [0.5, 0.6) is 0 Å². The van der Waals surface area contributed by atoms with Crippen LogP contribution in [0.4, 0.5) is 18.9 Å². The molecule has 0 heterocycles. The van der Waals surface area contributed by atoms with E-state index in [0.717, 1.165) is 6.92 Å². The highest BCUT2D eigenvalue weighted by molar-refractivity contribution is 6.33. The molecule has 2 rings (SSSR count). The summed E-state index contributed by atoms with van der Waals surface area (Å²) < 4.78 is 46.3. The van der Waals surface area contributed by atoms with E-state index in [1.54, 1.807) is 19.9 Å². The molecule has 0 aromatic heterocycles. The van der Waals surface area contributed by atoms with E-state index >= 15 is 0 Å². The largest absolute Gasteiger partial charge is 0.481 e. The molecule has 0 saturated carbocycles. The van der Waals surface area contributed by atoms with Crippen molar-refractivity contribution in [2.75, 3.05) is 12.4 Å². The number of carboxylic acids is 1. The van der Waals surface area contributed by atoms with Gasteiger partial charge in [0.1, 0.15) is 0 Å². The molecule has 0 aliphatic rings. The summed E-state index contributed by atoms with van der Waals surface area (Å²) in [6.07, 6.45) is -4.91. The van der Waals surface area contributed by atoms with Crippen LogP contribution in [-0.2, 0) is 14.3 Å². The lowest BCUT2D eigenvalue weighted by atomic mass is 9.82. The molecule has 2 N–H and O–H groups in total. The molecule has 0 radical (unpaired) electrons. The zero-order valence-electron chi connectivity index (χ0n) is 19.0. The second kappa shape index (κ2) is 11.0. The van der Waals surface area contributed by atoms with Crippen molar-refractivity contribution >= 4 is 40.8 Å². The molecule has 10 heteroatoms. The van der Waals surface area contributed by atoms with Gasteiger partial charge < -0.3 is 15.2 Å². The van der Waals surface area contributed by atoms with Crippen LogP contribution in [0.3, 0.4) is 0 Å². The number of anilines is 1. The van der Waals surface area contributed by atoms with Crippen molar-refractivity contribution in [3.05, 3.63) is 63.6 Å². The number of rotatable bonds is 9. The topological polar surface area (TPSA) is 75.6 Å². The van der Waals surface area contributed by atoms with Gasteiger partial charge in [0.15, 0.2) is 0 Å². The van der Waals surface area contributed by atoms with Crippen LogP contribution in [0.25, 0.3) is 0 Å². The van der Waals surface area contributed by atoms with Crippen LogP contribution >= 0.6 is 23.2 Å². The lowest BCUT2D eigenvalue weighted by Gasteiger charge is -2.33. The standard InChI is InChI=1S/C24H26Cl2F3NO4/c1-13(24(27,28)29)21(14-5-8-16(25)9-6-14)22(33)30-19-11-15(7-10-18(19)26)17(12-20(31)32)23(2,3)34-4/h5-11,13,17,21H,12H2,1-4H3,(H,30,33)(H,31,32)/t13-,17?,21+/m1/s1. The number of hydrogen-bond donors (Lipinski definition) is 2. The number of hydrogen-bond acceptors (Lipinski definition) is 3. The van der Waals surface area contributed by atoms with Crippen LogP contribution in [0, 0.1) is 5.92 Å². The van der Waals surface area contributed by atoms with Gasteiger partial charge in [0.25, 0.3) is 0 Å². The number of aliphatic carboxylic acids is 1. The van der Waals surface area contributed by atoms with E-state index in [1.807, 2.05) is 0 Å². The van der Waals surface area contributed by atoms with Crippen molar-refractivity contribution in [2.45, 2.75) is 50.8 Å². The molecule has 1 amide bonds. The van der Waals surface area contributed by atoms with E-state index in [4.69, 9.17) is 27.9 Å². The first-order valence-corrected chi connectivity index (χ1v) is 11.1. The van der Waals surface area contributed by atoms with Crippen LogP contribution < -0.4 is 5.32 Å². The van der Waals surface area contributed by atoms with Gasteiger partial charge in [-0.2, -0.15) is 13.2 Å². The van der Waals surface area contributed by atoms with Gasteiger partial charge in [-0.3, -0.25) is 9.59 Å². The van der Waals surface area contributed by atoms with Gasteiger partial charge in [0, 0.05) is 18.1 Å². The third-order valence-electron chi connectivity index (χ3n) is 5.92. The molecule has 0 aliphatic heterocycles. The fourth-order valence-corrected chi connectivity index (χ4v) is 3.96. The van der Waals surface area contributed by atoms with E-state index in [0.29, 0.717) is 10.6 Å². The Balaban J connectivity index is 2.47. The van der Waals surface area contributed by atoms with Crippen LogP contribution in [0.1, 0.15) is 50.2 Å². The van der Waals surface area contributed by atoms with E-state index < -0.39 is 41.4 Å². The second-order valence-electron chi connectivity index (χ2n) is 8.55. The molecule has 1 unspecified atom stereocenters. The Morgan fingerprint density at radius 1 is 1.06 bits per heavy atom. The Morgan fingerprint density at radius 3 is 2.12 bits per heavy atom. The average molecular weight is 520 g/mol. The van der Waals surface area contributed by atoms with E-state index in [-0.39, 0.29) is 22.7 Å². The van der Waals surface area contributed by atoms with Crippen LogP contribution in [-0.4, -0.2) is 35.9 Å². The number of methoxy groups -OCH3 is 1. The molecule has 2 aromatic carbocycles. The minimum atomic E-state index is -4.64. The maximum atomic E-state index is 13.6. The van der Waals surface area contributed by atoms with Crippen molar-refractivity contribution in [1.82, 2.24) is 0 Å². The lowest BCUT2D eigenvalue weighted by Crippen LogP contribution is -2.35. The summed E-state index contributed by atoms with van der Waals surface area (Å²) in [7, 11) is 1.45. The summed E-state index contributed by atoms with van der Waals surface area (Å²) in [6.45, 7) is 4.37. The number of carbonyl (C=O) groups is 2. The first-order chi connectivity index (χ1) is 15.7. The zero-order chi connectivity index (χ0) is 25.8. The number of halogens is 5. The molecule has 5 nitrogen and oxygen atoms in total. The predicted molar refractivity (Wildman–Crippen MR) is 126 cm³/mol. The molecule has 0 saturated heterocycles. The molecular weight excluding hydrogens is 494 g/mol. The Morgan fingerprint density at radius 2 is 1.62 bits per heavy atom. The summed E-state index contributed by atoms with van der Waals surface area (Å²) in [5.41, 5.74) is -0.173. The zero-order valence-corrected chi connectivity index (χ0v) is 20.6. The van der Waals surface area contributed by atoms with E-state index in [9.17, 15) is 27.9 Å². The first-order valence-electron chi connectivity index (χ1n) is 10.4. The summed E-state index contributed by atoms with van der Waals surface area (Å²) >= 11 is 12.1. The second-order valence-corrected chi connectivity index (χ2v) is 9.39. The fraction of sp³-hybridized carbons (Fsp3) is 0.417. The number of alkyl halides is 3. The van der Waals surface area contributed by atoms with Crippen molar-refractivity contribution in [3.63, 3.8) is 0 Å². The first kappa shape index (κ1) is 28.0. The van der Waals surface area contributed by atoms with Crippen LogP contribution in [0.15, 0.2) is 42.5 Å². The third kappa shape index (κ3) is 6.87. The fourth-order valence-electron chi connectivity index (χ4n) is 3.67. The minimum absolute atomic E-state index is 0.0693. The van der Waals surface area contributed by atoms with Crippen molar-refractivity contribution in [3.8, 4) is 0 Å². The normalized spacial score (nSPS) is 14.9. The summed E-state index contributed by atoms with van der Waals surface area (Å²) in [4.78, 5) is 24.6. The molecule has 186 valence electrons. The molecule has 0 fully saturated rings. The van der Waals surface area contributed by atoms with Crippen molar-refractivity contribution in [1.29, 1.82) is 0 Å². The van der Waals surface area contributed by atoms with Crippen LogP contribution in [0.2, 0.25) is 10.0 Å². The Kier molecular flexibility index (Phi) is 9.02. The van der Waals surface area contributed by atoms with Gasteiger partial charge >= 0.3 is 12.1 Å². The van der Waals surface area contributed by atoms with Gasteiger partial charge in [0.2, 0.25) is 5.91 Å². The smallest absolute Gasteiger partial charge is 0.392 e. The van der Waals surface area contributed by atoms with Gasteiger partial charge in [-0.15, -0.1) is 0 Å². The highest BCUT2D eigenvalue weighted by Gasteiger charge is 2.45. The molecule has 3 atom stereocenters. The van der Waals surface area contributed by atoms with E-state index in [1.165, 1.54) is 43.5 Å². The van der Waals surface area contributed by atoms with Gasteiger partial charge in [0.05, 0.1) is 34.6 Å². The van der Waals surface area contributed by atoms with Gasteiger partial charge in [-0.1, -0.05) is 48.3 Å².